The first kappa shape index (κ1) is 11.1. The van der Waals surface area contributed by atoms with Gasteiger partial charge in [0.15, 0.2) is 0 Å². The van der Waals surface area contributed by atoms with Crippen LogP contribution < -0.4 is 4.74 Å². The molecule has 82 valence electrons. The second kappa shape index (κ2) is 4.61. The van der Waals surface area contributed by atoms with E-state index in [0.29, 0.717) is 5.88 Å². The van der Waals surface area contributed by atoms with Gasteiger partial charge in [0.05, 0.1) is 4.47 Å². The second-order valence-electron chi connectivity index (χ2n) is 3.60. The van der Waals surface area contributed by atoms with Gasteiger partial charge in [-0.3, -0.25) is 0 Å². The molecule has 0 aliphatic carbocycles. The van der Waals surface area contributed by atoms with E-state index in [0.717, 1.165) is 10.2 Å². The number of aromatic nitrogens is 2. The highest BCUT2D eigenvalue weighted by Crippen LogP contribution is 2.27. The van der Waals surface area contributed by atoms with Crippen LogP contribution in [0.5, 0.6) is 11.6 Å². The SMILES string of the molecule is Cc1cc(C)cc(Oc2ncncc2Br)c1. The van der Waals surface area contributed by atoms with E-state index in [1.807, 2.05) is 26.0 Å². The van der Waals surface area contributed by atoms with Gasteiger partial charge in [0.25, 0.3) is 0 Å². The molecule has 4 heteroatoms. The molecule has 16 heavy (non-hydrogen) atoms. The Morgan fingerprint density at radius 3 is 2.44 bits per heavy atom. The summed E-state index contributed by atoms with van der Waals surface area (Å²) in [7, 11) is 0. The van der Waals surface area contributed by atoms with E-state index in [1.165, 1.54) is 17.5 Å². The fraction of sp³-hybridized carbons (Fsp3) is 0.167. The summed E-state index contributed by atoms with van der Waals surface area (Å²) in [5, 5.41) is 0. The number of halogens is 1. The zero-order chi connectivity index (χ0) is 11.5. The number of rotatable bonds is 2. The van der Waals surface area contributed by atoms with Crippen molar-refractivity contribution in [3.05, 3.63) is 46.3 Å². The van der Waals surface area contributed by atoms with Crippen molar-refractivity contribution in [3.63, 3.8) is 0 Å². The molecule has 1 aromatic carbocycles. The van der Waals surface area contributed by atoms with Gasteiger partial charge < -0.3 is 4.74 Å². The Hall–Kier alpha value is -1.42. The average Bonchev–Trinajstić information content (AvgIpc) is 2.20. The van der Waals surface area contributed by atoms with Gasteiger partial charge in [0.1, 0.15) is 12.1 Å². The molecule has 0 fully saturated rings. The molecule has 0 N–H and O–H groups in total. The molecule has 0 saturated carbocycles. The maximum absolute atomic E-state index is 5.67. The average molecular weight is 279 g/mol. The van der Waals surface area contributed by atoms with Crippen LogP contribution in [0.25, 0.3) is 0 Å². The van der Waals surface area contributed by atoms with Crippen molar-refractivity contribution in [3.8, 4) is 11.6 Å². The summed E-state index contributed by atoms with van der Waals surface area (Å²) < 4.78 is 6.42. The standard InChI is InChI=1S/C12H11BrN2O/c1-8-3-9(2)5-10(4-8)16-12-11(13)6-14-7-15-12/h3-7H,1-2H3. The van der Waals surface area contributed by atoms with E-state index in [2.05, 4.69) is 32.0 Å². The van der Waals surface area contributed by atoms with Gasteiger partial charge in [0.2, 0.25) is 5.88 Å². The molecule has 0 aliphatic rings. The lowest BCUT2D eigenvalue weighted by Gasteiger charge is -2.07. The van der Waals surface area contributed by atoms with Crippen molar-refractivity contribution in [1.82, 2.24) is 9.97 Å². The highest BCUT2D eigenvalue weighted by atomic mass is 79.9. The smallest absolute Gasteiger partial charge is 0.236 e. The molecule has 0 unspecified atom stereocenters. The van der Waals surface area contributed by atoms with Crippen LogP contribution in [0.4, 0.5) is 0 Å². The normalized spacial score (nSPS) is 10.2. The highest BCUT2D eigenvalue weighted by Gasteiger charge is 2.04. The fourth-order valence-corrected chi connectivity index (χ4v) is 1.78. The third-order valence-corrected chi connectivity index (χ3v) is 2.59. The Balaban J connectivity index is 2.30. The molecular weight excluding hydrogens is 268 g/mol. The van der Waals surface area contributed by atoms with Crippen molar-refractivity contribution in [2.45, 2.75) is 13.8 Å². The third-order valence-electron chi connectivity index (χ3n) is 2.04. The summed E-state index contributed by atoms with van der Waals surface area (Å²) >= 11 is 3.34. The Labute approximate surface area is 103 Å². The molecule has 0 saturated heterocycles. The molecule has 0 amide bonds. The second-order valence-corrected chi connectivity index (χ2v) is 4.46. The lowest BCUT2D eigenvalue weighted by atomic mass is 10.1. The molecule has 0 radical (unpaired) electrons. The van der Waals surface area contributed by atoms with Crippen LogP contribution in [-0.2, 0) is 0 Å². The number of benzene rings is 1. The van der Waals surface area contributed by atoms with Crippen LogP contribution in [0.1, 0.15) is 11.1 Å². The monoisotopic (exact) mass is 278 g/mol. The quantitative estimate of drug-likeness (QED) is 0.841. The minimum atomic E-state index is 0.528. The zero-order valence-electron chi connectivity index (χ0n) is 9.07. The van der Waals surface area contributed by atoms with Crippen LogP contribution >= 0.6 is 15.9 Å². The highest BCUT2D eigenvalue weighted by molar-refractivity contribution is 9.10. The molecule has 1 heterocycles. The minimum Gasteiger partial charge on any atom is -0.438 e. The number of aryl methyl sites for hydroxylation is 2. The van der Waals surface area contributed by atoms with E-state index < -0.39 is 0 Å². The molecule has 1 aromatic heterocycles. The Morgan fingerprint density at radius 1 is 1.12 bits per heavy atom. The van der Waals surface area contributed by atoms with Crippen molar-refractivity contribution >= 4 is 15.9 Å². The maximum atomic E-state index is 5.67. The first-order valence-electron chi connectivity index (χ1n) is 4.87. The third kappa shape index (κ3) is 2.58. The van der Waals surface area contributed by atoms with Crippen LogP contribution in [0.2, 0.25) is 0 Å². The number of nitrogens with zero attached hydrogens (tertiary/aromatic N) is 2. The van der Waals surface area contributed by atoms with Crippen LogP contribution in [-0.4, -0.2) is 9.97 Å². The summed E-state index contributed by atoms with van der Waals surface area (Å²) in [6.07, 6.45) is 3.12. The van der Waals surface area contributed by atoms with Crippen LogP contribution in [0.15, 0.2) is 35.2 Å². The van der Waals surface area contributed by atoms with Gasteiger partial charge in [-0.1, -0.05) is 6.07 Å². The predicted molar refractivity (Wildman–Crippen MR) is 65.7 cm³/mol. The Bertz CT molecular complexity index is 494. The zero-order valence-corrected chi connectivity index (χ0v) is 10.7. The van der Waals surface area contributed by atoms with Gasteiger partial charge in [-0.05, 0) is 53.0 Å². The lowest BCUT2D eigenvalue weighted by molar-refractivity contribution is 0.457. The summed E-state index contributed by atoms with van der Waals surface area (Å²) in [6, 6.07) is 6.05. The molecule has 2 rings (SSSR count). The molecular formula is C12H11BrN2O. The van der Waals surface area contributed by atoms with Crippen molar-refractivity contribution in [2.24, 2.45) is 0 Å². The van der Waals surface area contributed by atoms with E-state index in [9.17, 15) is 0 Å². The first-order chi connectivity index (χ1) is 7.65. The van der Waals surface area contributed by atoms with Crippen LogP contribution in [0, 0.1) is 13.8 Å². The van der Waals surface area contributed by atoms with E-state index in [-0.39, 0.29) is 0 Å². The summed E-state index contributed by atoms with van der Waals surface area (Å²) in [5.41, 5.74) is 2.33. The number of hydrogen-bond acceptors (Lipinski definition) is 3. The largest absolute Gasteiger partial charge is 0.438 e. The lowest BCUT2D eigenvalue weighted by Crippen LogP contribution is -1.91. The van der Waals surface area contributed by atoms with E-state index >= 15 is 0 Å². The first-order valence-corrected chi connectivity index (χ1v) is 5.66. The van der Waals surface area contributed by atoms with Crippen molar-refractivity contribution < 1.29 is 4.74 Å². The van der Waals surface area contributed by atoms with Gasteiger partial charge in [-0.25, -0.2) is 9.97 Å². The molecule has 0 atom stereocenters. The van der Waals surface area contributed by atoms with Gasteiger partial charge in [0, 0.05) is 6.20 Å². The van der Waals surface area contributed by atoms with Gasteiger partial charge in [-0.15, -0.1) is 0 Å². The summed E-state index contributed by atoms with van der Waals surface area (Å²) in [5.74, 6) is 1.32. The summed E-state index contributed by atoms with van der Waals surface area (Å²) in [6.45, 7) is 4.07. The Kier molecular flexibility index (Phi) is 3.19. The fourth-order valence-electron chi connectivity index (χ4n) is 1.48. The maximum Gasteiger partial charge on any atom is 0.236 e. The molecule has 0 spiro atoms. The number of hydrogen-bond donors (Lipinski definition) is 0. The topological polar surface area (TPSA) is 35.0 Å². The van der Waals surface area contributed by atoms with Crippen LogP contribution in [0.3, 0.4) is 0 Å². The molecule has 2 aromatic rings. The van der Waals surface area contributed by atoms with Crippen molar-refractivity contribution in [2.75, 3.05) is 0 Å². The van der Waals surface area contributed by atoms with Gasteiger partial charge >= 0.3 is 0 Å². The van der Waals surface area contributed by atoms with Gasteiger partial charge in [-0.2, -0.15) is 0 Å². The molecule has 3 nitrogen and oxygen atoms in total. The predicted octanol–water partition coefficient (Wildman–Crippen LogP) is 3.65. The number of ether oxygens (including phenoxy) is 1. The van der Waals surface area contributed by atoms with Crippen molar-refractivity contribution in [1.29, 1.82) is 0 Å². The molecule has 0 bridgehead atoms. The van der Waals surface area contributed by atoms with E-state index in [1.54, 1.807) is 6.20 Å². The summed E-state index contributed by atoms with van der Waals surface area (Å²) in [4.78, 5) is 7.94. The molecule has 0 aliphatic heterocycles. The minimum absolute atomic E-state index is 0.528. The van der Waals surface area contributed by atoms with E-state index in [4.69, 9.17) is 4.74 Å². The Morgan fingerprint density at radius 2 is 1.81 bits per heavy atom.